The van der Waals surface area contributed by atoms with E-state index in [4.69, 9.17) is 10.5 Å². The smallest absolute Gasteiger partial charge is 0.255 e. The highest BCUT2D eigenvalue weighted by molar-refractivity contribution is 5.97. The van der Waals surface area contributed by atoms with E-state index < -0.39 is 0 Å². The third-order valence-electron chi connectivity index (χ3n) is 2.38. The molecule has 0 aliphatic heterocycles. The SMILES string of the molecule is COc1cccc(C(=O)NCCCCN)c1O. The maximum atomic E-state index is 11.7. The van der Waals surface area contributed by atoms with Crippen molar-refractivity contribution < 1.29 is 14.6 Å². The summed E-state index contributed by atoms with van der Waals surface area (Å²) in [6.07, 6.45) is 1.69. The first-order chi connectivity index (χ1) is 8.20. The number of unbranched alkanes of at least 4 members (excludes halogenated alkanes) is 1. The molecule has 17 heavy (non-hydrogen) atoms. The van der Waals surface area contributed by atoms with Crippen LogP contribution in [0.2, 0.25) is 0 Å². The predicted octanol–water partition coefficient (Wildman–Crippen LogP) is 0.869. The van der Waals surface area contributed by atoms with Crippen molar-refractivity contribution in [1.29, 1.82) is 0 Å². The summed E-state index contributed by atoms with van der Waals surface area (Å²) >= 11 is 0. The number of rotatable bonds is 6. The summed E-state index contributed by atoms with van der Waals surface area (Å²) in [6, 6.07) is 4.81. The van der Waals surface area contributed by atoms with E-state index in [2.05, 4.69) is 5.32 Å². The number of hydrogen-bond acceptors (Lipinski definition) is 4. The monoisotopic (exact) mass is 238 g/mol. The molecule has 0 saturated carbocycles. The average Bonchev–Trinajstić information content (AvgIpc) is 2.34. The molecular weight excluding hydrogens is 220 g/mol. The second-order valence-corrected chi connectivity index (χ2v) is 3.61. The molecule has 1 rings (SSSR count). The van der Waals surface area contributed by atoms with E-state index in [-0.39, 0.29) is 17.2 Å². The number of para-hydroxylation sites is 1. The van der Waals surface area contributed by atoms with Gasteiger partial charge in [-0.2, -0.15) is 0 Å². The van der Waals surface area contributed by atoms with E-state index in [0.29, 0.717) is 18.8 Å². The van der Waals surface area contributed by atoms with Crippen molar-refractivity contribution in [2.45, 2.75) is 12.8 Å². The van der Waals surface area contributed by atoms with Gasteiger partial charge in [-0.05, 0) is 31.5 Å². The molecule has 0 aliphatic carbocycles. The number of carbonyl (C=O) groups is 1. The number of phenolic OH excluding ortho intramolecular Hbond substituents is 1. The van der Waals surface area contributed by atoms with Gasteiger partial charge in [0.2, 0.25) is 0 Å². The van der Waals surface area contributed by atoms with Gasteiger partial charge in [0, 0.05) is 6.54 Å². The highest BCUT2D eigenvalue weighted by atomic mass is 16.5. The highest BCUT2D eigenvalue weighted by Crippen LogP contribution is 2.28. The Kier molecular flexibility index (Phi) is 5.29. The average molecular weight is 238 g/mol. The van der Waals surface area contributed by atoms with E-state index >= 15 is 0 Å². The number of amides is 1. The topological polar surface area (TPSA) is 84.6 Å². The fraction of sp³-hybridized carbons (Fsp3) is 0.417. The summed E-state index contributed by atoms with van der Waals surface area (Å²) in [5.41, 5.74) is 5.57. The molecule has 5 nitrogen and oxygen atoms in total. The van der Waals surface area contributed by atoms with Crippen LogP contribution < -0.4 is 15.8 Å². The Hall–Kier alpha value is -1.75. The van der Waals surface area contributed by atoms with Crippen LogP contribution in [0.3, 0.4) is 0 Å². The van der Waals surface area contributed by atoms with Gasteiger partial charge >= 0.3 is 0 Å². The first-order valence-electron chi connectivity index (χ1n) is 5.55. The van der Waals surface area contributed by atoms with Gasteiger partial charge in [0.1, 0.15) is 0 Å². The standard InChI is InChI=1S/C12H18N2O3/c1-17-10-6-4-5-9(11(10)15)12(16)14-8-3-2-7-13/h4-6,15H,2-3,7-8,13H2,1H3,(H,14,16). The van der Waals surface area contributed by atoms with Crippen LogP contribution in [0.5, 0.6) is 11.5 Å². The Morgan fingerprint density at radius 2 is 2.24 bits per heavy atom. The van der Waals surface area contributed by atoms with Crippen LogP contribution in [0.25, 0.3) is 0 Å². The highest BCUT2D eigenvalue weighted by Gasteiger charge is 2.13. The molecular formula is C12H18N2O3. The van der Waals surface area contributed by atoms with E-state index in [1.54, 1.807) is 18.2 Å². The first kappa shape index (κ1) is 13.3. The molecule has 94 valence electrons. The van der Waals surface area contributed by atoms with E-state index in [1.165, 1.54) is 7.11 Å². The minimum Gasteiger partial charge on any atom is -0.504 e. The molecule has 0 fully saturated rings. The molecule has 0 spiro atoms. The zero-order valence-corrected chi connectivity index (χ0v) is 9.90. The number of phenols is 1. The summed E-state index contributed by atoms with van der Waals surface area (Å²) in [7, 11) is 1.44. The van der Waals surface area contributed by atoms with Gasteiger partial charge in [0.15, 0.2) is 11.5 Å². The van der Waals surface area contributed by atoms with Gasteiger partial charge in [0.25, 0.3) is 5.91 Å². The lowest BCUT2D eigenvalue weighted by molar-refractivity contribution is 0.0950. The van der Waals surface area contributed by atoms with Crippen LogP contribution in [0.1, 0.15) is 23.2 Å². The number of nitrogens with two attached hydrogens (primary N) is 1. The molecule has 0 atom stereocenters. The van der Waals surface area contributed by atoms with Crippen LogP contribution in [-0.2, 0) is 0 Å². The lowest BCUT2D eigenvalue weighted by Gasteiger charge is -2.09. The summed E-state index contributed by atoms with van der Waals surface area (Å²) in [5, 5.41) is 12.5. The van der Waals surface area contributed by atoms with Crippen LogP contribution in [0, 0.1) is 0 Å². The molecule has 1 aromatic carbocycles. The van der Waals surface area contributed by atoms with Crippen LogP contribution in [0.4, 0.5) is 0 Å². The van der Waals surface area contributed by atoms with Gasteiger partial charge in [-0.25, -0.2) is 0 Å². The summed E-state index contributed by atoms with van der Waals surface area (Å²) in [4.78, 5) is 11.7. The molecule has 0 radical (unpaired) electrons. The summed E-state index contributed by atoms with van der Waals surface area (Å²) in [5.74, 6) is -0.149. The minimum atomic E-state index is -0.307. The molecule has 0 aromatic heterocycles. The second-order valence-electron chi connectivity index (χ2n) is 3.61. The number of methoxy groups -OCH3 is 1. The van der Waals surface area contributed by atoms with Crippen LogP contribution in [-0.4, -0.2) is 31.2 Å². The molecule has 0 heterocycles. The quantitative estimate of drug-likeness (QED) is 0.642. The number of aromatic hydroxyl groups is 1. The molecule has 5 heteroatoms. The molecule has 1 aromatic rings. The number of carbonyl (C=O) groups excluding carboxylic acids is 1. The van der Waals surface area contributed by atoms with Gasteiger partial charge in [-0.3, -0.25) is 4.79 Å². The van der Waals surface area contributed by atoms with Crippen molar-refractivity contribution in [2.24, 2.45) is 5.73 Å². The van der Waals surface area contributed by atoms with E-state index in [9.17, 15) is 9.90 Å². The Balaban J connectivity index is 2.62. The Morgan fingerprint density at radius 3 is 2.88 bits per heavy atom. The largest absolute Gasteiger partial charge is 0.504 e. The van der Waals surface area contributed by atoms with Crippen molar-refractivity contribution in [2.75, 3.05) is 20.2 Å². The Labute approximate surface area is 101 Å². The zero-order valence-electron chi connectivity index (χ0n) is 9.90. The number of benzene rings is 1. The first-order valence-corrected chi connectivity index (χ1v) is 5.55. The van der Waals surface area contributed by atoms with Crippen molar-refractivity contribution >= 4 is 5.91 Å². The van der Waals surface area contributed by atoms with E-state index in [1.807, 2.05) is 0 Å². The van der Waals surface area contributed by atoms with Crippen molar-refractivity contribution in [3.8, 4) is 11.5 Å². The fourth-order valence-corrected chi connectivity index (χ4v) is 1.44. The molecule has 4 N–H and O–H groups in total. The number of nitrogens with one attached hydrogen (secondary N) is 1. The third-order valence-corrected chi connectivity index (χ3v) is 2.38. The molecule has 0 bridgehead atoms. The van der Waals surface area contributed by atoms with Gasteiger partial charge in [-0.1, -0.05) is 6.07 Å². The zero-order chi connectivity index (χ0) is 12.7. The van der Waals surface area contributed by atoms with Crippen molar-refractivity contribution in [3.63, 3.8) is 0 Å². The van der Waals surface area contributed by atoms with E-state index in [0.717, 1.165) is 12.8 Å². The lowest BCUT2D eigenvalue weighted by atomic mass is 10.1. The molecule has 0 unspecified atom stereocenters. The third kappa shape index (κ3) is 3.64. The van der Waals surface area contributed by atoms with Crippen LogP contribution >= 0.6 is 0 Å². The maximum Gasteiger partial charge on any atom is 0.255 e. The van der Waals surface area contributed by atoms with Gasteiger partial charge in [0.05, 0.1) is 12.7 Å². The predicted molar refractivity (Wildman–Crippen MR) is 65.3 cm³/mol. The normalized spacial score (nSPS) is 10.0. The maximum absolute atomic E-state index is 11.7. The lowest BCUT2D eigenvalue weighted by Crippen LogP contribution is -2.25. The molecule has 0 saturated heterocycles. The summed E-state index contributed by atoms with van der Waals surface area (Å²) in [6.45, 7) is 1.16. The minimum absolute atomic E-state index is 0.133. The fourth-order valence-electron chi connectivity index (χ4n) is 1.44. The Bertz CT molecular complexity index is 380. The second kappa shape index (κ2) is 6.75. The van der Waals surface area contributed by atoms with Crippen molar-refractivity contribution in [3.05, 3.63) is 23.8 Å². The Morgan fingerprint density at radius 1 is 1.47 bits per heavy atom. The van der Waals surface area contributed by atoms with Crippen molar-refractivity contribution in [1.82, 2.24) is 5.32 Å². The molecule has 1 amide bonds. The summed E-state index contributed by atoms with van der Waals surface area (Å²) < 4.78 is 4.93. The van der Waals surface area contributed by atoms with Gasteiger partial charge in [-0.15, -0.1) is 0 Å². The van der Waals surface area contributed by atoms with Gasteiger partial charge < -0.3 is 20.9 Å². The van der Waals surface area contributed by atoms with Crippen LogP contribution in [0.15, 0.2) is 18.2 Å². The number of ether oxygens (including phenoxy) is 1. The number of hydrogen-bond donors (Lipinski definition) is 3. The molecule has 0 aliphatic rings.